The molecule has 9 heteroatoms. The molecule has 1 rings (SSSR count). The first-order valence-corrected chi connectivity index (χ1v) is 7.18. The van der Waals surface area contributed by atoms with Gasteiger partial charge in [0.25, 0.3) is 0 Å². The molecule has 0 bridgehead atoms. The van der Waals surface area contributed by atoms with Crippen LogP contribution in [0.25, 0.3) is 0 Å². The van der Waals surface area contributed by atoms with Gasteiger partial charge in [-0.2, -0.15) is 0 Å². The molecule has 0 saturated carbocycles. The number of nitrogen functional groups attached to an aromatic ring is 1. The fourth-order valence-corrected chi connectivity index (χ4v) is 1.88. The van der Waals surface area contributed by atoms with Crippen molar-refractivity contribution in [1.82, 2.24) is 9.97 Å². The monoisotopic (exact) mass is 309 g/mol. The van der Waals surface area contributed by atoms with E-state index in [0.717, 1.165) is 0 Å². The molecule has 90 valence electrons. The molecule has 1 heterocycles. The van der Waals surface area contributed by atoms with Crippen molar-refractivity contribution in [1.29, 1.82) is 0 Å². The van der Waals surface area contributed by atoms with E-state index in [-0.39, 0.29) is 12.3 Å². The maximum absolute atomic E-state index is 10.9. The molecular weight excluding hydrogens is 298 g/mol. The highest BCUT2D eigenvalue weighted by atomic mass is 79.9. The van der Waals surface area contributed by atoms with Crippen molar-refractivity contribution < 1.29 is 8.42 Å². The Hall–Kier alpha value is -0.930. The summed E-state index contributed by atoms with van der Waals surface area (Å²) in [5.74, 6) is 6.18. The fourth-order valence-electron chi connectivity index (χ4n) is 0.949. The molecule has 16 heavy (non-hydrogen) atoms. The maximum Gasteiger partial charge on any atom is 0.159 e. The van der Waals surface area contributed by atoms with E-state index in [4.69, 9.17) is 5.84 Å². The van der Waals surface area contributed by atoms with E-state index in [9.17, 15) is 8.42 Å². The number of nitrogens with one attached hydrogen (secondary N) is 2. The summed E-state index contributed by atoms with van der Waals surface area (Å²) in [7, 11) is -2.98. The van der Waals surface area contributed by atoms with Crippen LogP contribution < -0.4 is 16.6 Å². The van der Waals surface area contributed by atoms with Gasteiger partial charge in [0.05, 0.1) is 5.75 Å². The minimum absolute atomic E-state index is 0.0365. The number of anilines is 2. The lowest BCUT2D eigenvalue weighted by Crippen LogP contribution is -2.16. The van der Waals surface area contributed by atoms with Crippen molar-refractivity contribution in [2.24, 2.45) is 5.84 Å². The third-order valence-electron chi connectivity index (χ3n) is 1.69. The number of nitrogens with two attached hydrogens (primary N) is 1. The van der Waals surface area contributed by atoms with Crippen LogP contribution in [0.3, 0.4) is 0 Å². The normalized spacial score (nSPS) is 11.2. The van der Waals surface area contributed by atoms with Crippen LogP contribution in [0.5, 0.6) is 0 Å². The van der Waals surface area contributed by atoms with Gasteiger partial charge in [-0.15, -0.1) is 0 Å². The van der Waals surface area contributed by atoms with Gasteiger partial charge >= 0.3 is 0 Å². The largest absolute Gasteiger partial charge is 0.368 e. The SMILES string of the molecule is CS(=O)(=O)CCNc1ncnc(NN)c1Br. The number of hydrazine groups is 1. The van der Waals surface area contributed by atoms with Crippen molar-refractivity contribution in [3.05, 3.63) is 10.8 Å². The van der Waals surface area contributed by atoms with Crippen LogP contribution >= 0.6 is 15.9 Å². The van der Waals surface area contributed by atoms with Crippen LogP contribution in [0.1, 0.15) is 0 Å². The van der Waals surface area contributed by atoms with Crippen molar-refractivity contribution in [3.63, 3.8) is 0 Å². The highest BCUT2D eigenvalue weighted by Crippen LogP contribution is 2.25. The Labute approximate surface area is 102 Å². The van der Waals surface area contributed by atoms with Crippen LogP contribution in [-0.2, 0) is 9.84 Å². The summed E-state index contributed by atoms with van der Waals surface area (Å²) >= 11 is 3.24. The van der Waals surface area contributed by atoms with Crippen molar-refractivity contribution >= 4 is 37.4 Å². The Morgan fingerprint density at radius 2 is 2.06 bits per heavy atom. The Balaban J connectivity index is 2.68. The van der Waals surface area contributed by atoms with Gasteiger partial charge in [-0.3, -0.25) is 0 Å². The molecule has 0 saturated heterocycles. The summed E-state index contributed by atoms with van der Waals surface area (Å²) in [6.45, 7) is 0.276. The lowest BCUT2D eigenvalue weighted by molar-refractivity contribution is 0.602. The molecule has 0 amide bonds. The first kappa shape index (κ1) is 13.1. The predicted molar refractivity (Wildman–Crippen MR) is 65.7 cm³/mol. The number of halogens is 1. The van der Waals surface area contributed by atoms with Crippen LogP contribution in [0.2, 0.25) is 0 Å². The standard InChI is InChI=1S/C7H12BrN5O2S/c1-16(14,15)3-2-10-6-5(8)7(13-9)12-4-11-6/h4H,2-3,9H2,1H3,(H2,10,11,12,13). The van der Waals surface area contributed by atoms with E-state index in [0.29, 0.717) is 16.1 Å². The first-order chi connectivity index (χ1) is 7.44. The lowest BCUT2D eigenvalue weighted by Gasteiger charge is -2.08. The molecule has 0 aromatic carbocycles. The Morgan fingerprint density at radius 3 is 2.62 bits per heavy atom. The zero-order valence-corrected chi connectivity index (χ0v) is 11.0. The summed E-state index contributed by atoms with van der Waals surface area (Å²) < 4.78 is 22.4. The first-order valence-electron chi connectivity index (χ1n) is 4.33. The van der Waals surface area contributed by atoms with Gasteiger partial charge in [-0.1, -0.05) is 0 Å². The van der Waals surface area contributed by atoms with Crippen molar-refractivity contribution in [2.75, 3.05) is 29.3 Å². The molecule has 0 radical (unpaired) electrons. The molecule has 0 fully saturated rings. The summed E-state index contributed by atoms with van der Waals surface area (Å²) in [6.07, 6.45) is 2.50. The zero-order chi connectivity index (χ0) is 12.2. The van der Waals surface area contributed by atoms with E-state index < -0.39 is 9.84 Å². The minimum Gasteiger partial charge on any atom is -0.368 e. The quantitative estimate of drug-likeness (QED) is 0.518. The summed E-state index contributed by atoms with van der Waals surface area (Å²) in [4.78, 5) is 7.81. The second-order valence-corrected chi connectivity index (χ2v) is 6.14. The topological polar surface area (TPSA) is 110 Å². The number of aromatic nitrogens is 2. The maximum atomic E-state index is 10.9. The van der Waals surface area contributed by atoms with Gasteiger partial charge in [0, 0.05) is 12.8 Å². The molecule has 0 aliphatic rings. The molecule has 0 aliphatic heterocycles. The van der Waals surface area contributed by atoms with Gasteiger partial charge in [-0.25, -0.2) is 24.2 Å². The zero-order valence-electron chi connectivity index (χ0n) is 8.57. The highest BCUT2D eigenvalue weighted by molar-refractivity contribution is 9.10. The molecule has 0 unspecified atom stereocenters. The van der Waals surface area contributed by atoms with Gasteiger partial charge in [-0.05, 0) is 15.9 Å². The molecule has 0 aliphatic carbocycles. The number of sulfone groups is 1. The molecule has 1 aromatic heterocycles. The minimum atomic E-state index is -2.98. The van der Waals surface area contributed by atoms with E-state index in [2.05, 4.69) is 36.6 Å². The second kappa shape index (κ2) is 5.41. The molecule has 4 N–H and O–H groups in total. The van der Waals surface area contributed by atoms with Crippen LogP contribution in [0.4, 0.5) is 11.6 Å². The molecular formula is C7H12BrN5O2S. The number of rotatable bonds is 5. The number of hydrogen-bond acceptors (Lipinski definition) is 7. The molecule has 0 spiro atoms. The van der Waals surface area contributed by atoms with Crippen LogP contribution in [0.15, 0.2) is 10.8 Å². The number of hydrogen-bond donors (Lipinski definition) is 3. The van der Waals surface area contributed by atoms with Crippen LogP contribution in [-0.4, -0.2) is 36.9 Å². The average molecular weight is 310 g/mol. The fraction of sp³-hybridized carbons (Fsp3) is 0.429. The molecule has 1 aromatic rings. The van der Waals surface area contributed by atoms with Gasteiger partial charge in [0.1, 0.15) is 26.5 Å². The smallest absolute Gasteiger partial charge is 0.159 e. The lowest BCUT2D eigenvalue weighted by atomic mass is 10.5. The number of nitrogens with zero attached hydrogens (tertiary/aromatic N) is 2. The molecule has 0 atom stereocenters. The van der Waals surface area contributed by atoms with E-state index in [1.165, 1.54) is 12.6 Å². The van der Waals surface area contributed by atoms with Crippen molar-refractivity contribution in [3.8, 4) is 0 Å². The van der Waals surface area contributed by atoms with Gasteiger partial charge in [0.15, 0.2) is 5.82 Å². The van der Waals surface area contributed by atoms with Gasteiger partial charge in [0.2, 0.25) is 0 Å². The van der Waals surface area contributed by atoms with Crippen LogP contribution in [0, 0.1) is 0 Å². The van der Waals surface area contributed by atoms with Gasteiger partial charge < -0.3 is 10.7 Å². The van der Waals surface area contributed by atoms with E-state index in [1.54, 1.807) is 0 Å². The van der Waals surface area contributed by atoms with E-state index >= 15 is 0 Å². The van der Waals surface area contributed by atoms with Crippen molar-refractivity contribution in [2.45, 2.75) is 0 Å². The average Bonchev–Trinajstić information content (AvgIpc) is 2.19. The molecule has 7 nitrogen and oxygen atoms in total. The summed E-state index contributed by atoms with van der Waals surface area (Å²) in [6, 6.07) is 0. The predicted octanol–water partition coefficient (Wildman–Crippen LogP) is -0.0188. The summed E-state index contributed by atoms with van der Waals surface area (Å²) in [5.41, 5.74) is 2.39. The Kier molecular flexibility index (Phi) is 4.44. The summed E-state index contributed by atoms with van der Waals surface area (Å²) in [5, 5.41) is 2.87. The highest BCUT2D eigenvalue weighted by Gasteiger charge is 2.08. The Morgan fingerprint density at radius 1 is 1.44 bits per heavy atom. The van der Waals surface area contributed by atoms with E-state index in [1.807, 2.05) is 0 Å². The third-order valence-corrected chi connectivity index (χ3v) is 3.39. The third kappa shape index (κ3) is 3.91. The Bertz CT molecular complexity index is 464. The second-order valence-electron chi connectivity index (χ2n) is 3.09.